The van der Waals surface area contributed by atoms with Crippen LogP contribution in [0, 0.1) is 0 Å². The summed E-state index contributed by atoms with van der Waals surface area (Å²) < 4.78 is 85.8. The zero-order valence-electron chi connectivity index (χ0n) is 19.2. The molecule has 15 heteroatoms. The van der Waals surface area contributed by atoms with Crippen molar-refractivity contribution in [1.29, 1.82) is 0 Å². The number of halogens is 7. The van der Waals surface area contributed by atoms with Gasteiger partial charge in [-0.3, -0.25) is 14.3 Å². The third kappa shape index (κ3) is 4.40. The normalized spacial score (nSPS) is 14.5. The molecule has 0 aliphatic heterocycles. The molecular formula is C24H13ClF6N4O3S. The molecule has 1 aliphatic carbocycles. The summed E-state index contributed by atoms with van der Waals surface area (Å²) in [6, 6.07) is 4.44. The number of benzene rings is 1. The summed E-state index contributed by atoms with van der Waals surface area (Å²) >= 11 is 6.95. The zero-order valence-corrected chi connectivity index (χ0v) is 20.8. The van der Waals surface area contributed by atoms with Gasteiger partial charge in [-0.05, 0) is 36.5 Å². The van der Waals surface area contributed by atoms with Crippen molar-refractivity contribution in [2.75, 3.05) is 0 Å². The van der Waals surface area contributed by atoms with Crippen molar-refractivity contribution in [3.8, 4) is 17.3 Å². The van der Waals surface area contributed by atoms with Crippen LogP contribution in [-0.4, -0.2) is 24.8 Å². The Morgan fingerprint density at radius 2 is 1.87 bits per heavy atom. The highest BCUT2D eigenvalue weighted by Gasteiger charge is 2.37. The van der Waals surface area contributed by atoms with Crippen molar-refractivity contribution in [1.82, 2.24) is 19.7 Å². The molecule has 5 aromatic rings. The molecule has 1 fully saturated rings. The van der Waals surface area contributed by atoms with Crippen LogP contribution in [0.25, 0.3) is 31.8 Å². The minimum Gasteiger partial charge on any atom is -0.505 e. The molecule has 1 aliphatic rings. The van der Waals surface area contributed by atoms with E-state index >= 15 is 0 Å². The van der Waals surface area contributed by atoms with E-state index < -0.39 is 35.7 Å². The Hall–Kier alpha value is -3.65. The van der Waals surface area contributed by atoms with Gasteiger partial charge in [0.25, 0.3) is 5.56 Å². The largest absolute Gasteiger partial charge is 0.505 e. The van der Waals surface area contributed by atoms with E-state index in [4.69, 9.17) is 16.1 Å². The van der Waals surface area contributed by atoms with Gasteiger partial charge in [0.1, 0.15) is 10.5 Å². The van der Waals surface area contributed by atoms with E-state index in [1.165, 1.54) is 12.1 Å². The van der Waals surface area contributed by atoms with Gasteiger partial charge < -0.3 is 9.63 Å². The molecule has 4 aromatic heterocycles. The molecule has 7 nitrogen and oxygen atoms in total. The van der Waals surface area contributed by atoms with E-state index in [1.54, 1.807) is 0 Å². The summed E-state index contributed by atoms with van der Waals surface area (Å²) in [6.07, 6.45) is -7.66. The fourth-order valence-corrected chi connectivity index (χ4v) is 5.64. The van der Waals surface area contributed by atoms with Crippen LogP contribution in [0.4, 0.5) is 26.3 Å². The Bertz CT molecular complexity index is 1840. The van der Waals surface area contributed by atoms with Crippen LogP contribution < -0.4 is 5.56 Å². The third-order valence-corrected chi connectivity index (χ3v) is 7.73. The smallest absolute Gasteiger partial charge is 0.436 e. The molecule has 4 heterocycles. The minimum absolute atomic E-state index is 0.0141. The van der Waals surface area contributed by atoms with E-state index in [1.807, 2.05) is 0 Å². The van der Waals surface area contributed by atoms with Crippen LogP contribution >= 0.6 is 22.9 Å². The second-order valence-electron chi connectivity index (χ2n) is 8.99. The molecule has 1 N–H and O–H groups in total. The molecule has 0 amide bonds. The second kappa shape index (κ2) is 8.68. The first-order valence-corrected chi connectivity index (χ1v) is 12.5. The van der Waals surface area contributed by atoms with Crippen molar-refractivity contribution in [2.24, 2.45) is 0 Å². The van der Waals surface area contributed by atoms with Crippen molar-refractivity contribution in [3.05, 3.63) is 68.4 Å². The van der Waals surface area contributed by atoms with Crippen LogP contribution in [-0.2, 0) is 18.9 Å². The first kappa shape index (κ1) is 25.6. The molecule has 0 spiro atoms. The Balaban J connectivity index is 1.63. The van der Waals surface area contributed by atoms with Crippen LogP contribution in [0.2, 0.25) is 5.02 Å². The van der Waals surface area contributed by atoms with E-state index in [2.05, 4.69) is 15.1 Å². The topological polar surface area (TPSA) is 94.0 Å². The van der Waals surface area contributed by atoms with E-state index in [0.717, 1.165) is 22.0 Å². The molecule has 0 radical (unpaired) electrons. The maximum atomic E-state index is 13.8. The van der Waals surface area contributed by atoms with Gasteiger partial charge in [0.15, 0.2) is 23.0 Å². The first-order valence-electron chi connectivity index (χ1n) is 11.3. The SMILES string of the molecule is O=c1c2c(nc(-c3ncc(C(F)(F)F)cc3C3CC3)n1Cc1cc(C(F)(F)F)no1)sc1c(O)c(Cl)ccc12. The van der Waals surface area contributed by atoms with Crippen molar-refractivity contribution in [2.45, 2.75) is 37.7 Å². The number of phenols is 1. The molecular weight excluding hydrogens is 574 g/mol. The lowest BCUT2D eigenvalue weighted by Crippen LogP contribution is -2.24. The summed E-state index contributed by atoms with van der Waals surface area (Å²) in [4.78, 5) is 22.5. The number of aromatic nitrogens is 4. The number of alkyl halides is 6. The summed E-state index contributed by atoms with van der Waals surface area (Å²) in [7, 11) is 0. The van der Waals surface area contributed by atoms with Gasteiger partial charge >= 0.3 is 12.4 Å². The van der Waals surface area contributed by atoms with Gasteiger partial charge in [0.2, 0.25) is 0 Å². The number of hydrogen-bond donors (Lipinski definition) is 1. The Labute approximate surface area is 222 Å². The van der Waals surface area contributed by atoms with Crippen LogP contribution in [0.15, 0.2) is 39.8 Å². The maximum Gasteiger partial charge on any atom is 0.436 e. The molecule has 39 heavy (non-hydrogen) atoms. The molecule has 0 unspecified atom stereocenters. The van der Waals surface area contributed by atoms with E-state index in [9.17, 15) is 36.2 Å². The second-order valence-corrected chi connectivity index (χ2v) is 10.4. The fourth-order valence-electron chi connectivity index (χ4n) is 4.32. The Kier molecular flexibility index (Phi) is 5.70. The van der Waals surface area contributed by atoms with Gasteiger partial charge in [-0.15, -0.1) is 11.3 Å². The maximum absolute atomic E-state index is 13.8. The monoisotopic (exact) mass is 586 g/mol. The highest BCUT2D eigenvalue weighted by atomic mass is 35.5. The van der Waals surface area contributed by atoms with E-state index in [-0.39, 0.29) is 54.4 Å². The number of aromatic hydroxyl groups is 1. The highest BCUT2D eigenvalue weighted by Crippen LogP contribution is 2.46. The van der Waals surface area contributed by atoms with Crippen LogP contribution in [0.3, 0.4) is 0 Å². The number of pyridine rings is 1. The number of phenolic OH excluding ortho intramolecular Hbond substituents is 1. The minimum atomic E-state index is -4.80. The number of fused-ring (bicyclic) bond motifs is 3. The molecule has 202 valence electrons. The molecule has 6 rings (SSSR count). The number of rotatable bonds is 4. The predicted molar refractivity (Wildman–Crippen MR) is 129 cm³/mol. The third-order valence-electron chi connectivity index (χ3n) is 6.32. The average molecular weight is 587 g/mol. The standard InChI is InChI=1S/C24H13ClF6N4O3S/c25-14-4-3-12-16-21(39-19(12)18(14)36)33-20(17-13(9-1-2-9)5-10(7-32-17)23(26,27)28)35(22(16)37)8-11-6-15(34-38-11)24(29,30)31/h3-7,9,36H,1-2,8H2. The summed E-state index contributed by atoms with van der Waals surface area (Å²) in [5.41, 5.74) is -2.82. The highest BCUT2D eigenvalue weighted by molar-refractivity contribution is 7.25. The summed E-state index contributed by atoms with van der Waals surface area (Å²) in [5.74, 6) is -1.05. The number of thiophene rings is 1. The molecule has 0 bridgehead atoms. The van der Waals surface area contributed by atoms with Crippen molar-refractivity contribution in [3.63, 3.8) is 0 Å². The predicted octanol–water partition coefficient (Wildman–Crippen LogP) is 6.98. The Morgan fingerprint density at radius 3 is 2.51 bits per heavy atom. The van der Waals surface area contributed by atoms with E-state index in [0.29, 0.717) is 30.5 Å². The average Bonchev–Trinajstić information content (AvgIpc) is 3.47. The molecule has 0 saturated heterocycles. The quantitative estimate of drug-likeness (QED) is 0.228. The number of hydrogen-bond acceptors (Lipinski definition) is 7. The summed E-state index contributed by atoms with van der Waals surface area (Å²) in [6.45, 7) is -0.566. The molecule has 0 atom stereocenters. The fraction of sp³-hybridized carbons (Fsp3) is 0.250. The van der Waals surface area contributed by atoms with Gasteiger partial charge in [0.05, 0.1) is 27.2 Å². The van der Waals surface area contributed by atoms with Gasteiger partial charge in [-0.1, -0.05) is 22.8 Å². The van der Waals surface area contributed by atoms with Gasteiger partial charge in [-0.25, -0.2) is 4.98 Å². The van der Waals surface area contributed by atoms with Gasteiger partial charge in [0, 0.05) is 17.6 Å². The molecule has 1 aromatic carbocycles. The first-order chi connectivity index (χ1) is 18.3. The summed E-state index contributed by atoms with van der Waals surface area (Å²) in [5, 5.41) is 13.8. The zero-order chi connectivity index (χ0) is 27.9. The lowest BCUT2D eigenvalue weighted by molar-refractivity contribution is -0.142. The van der Waals surface area contributed by atoms with Crippen molar-refractivity contribution < 1.29 is 36.0 Å². The molecule has 1 saturated carbocycles. The van der Waals surface area contributed by atoms with Crippen molar-refractivity contribution >= 4 is 43.2 Å². The van der Waals surface area contributed by atoms with Crippen LogP contribution in [0.1, 0.15) is 41.3 Å². The number of nitrogens with zero attached hydrogens (tertiary/aromatic N) is 4. The lowest BCUT2D eigenvalue weighted by Gasteiger charge is -2.15. The Morgan fingerprint density at radius 1 is 1.13 bits per heavy atom. The van der Waals surface area contributed by atoms with Crippen LogP contribution in [0.5, 0.6) is 5.75 Å². The lowest BCUT2D eigenvalue weighted by atomic mass is 10.0. The van der Waals surface area contributed by atoms with Gasteiger partial charge in [-0.2, -0.15) is 26.3 Å².